The van der Waals surface area contributed by atoms with E-state index in [9.17, 15) is 4.79 Å². The third kappa shape index (κ3) is 4.00. The van der Waals surface area contributed by atoms with Gasteiger partial charge in [-0.3, -0.25) is 14.5 Å². The van der Waals surface area contributed by atoms with Crippen LogP contribution in [0.2, 0.25) is 0 Å². The molecule has 0 fully saturated rings. The highest BCUT2D eigenvalue weighted by Gasteiger charge is 2.26. The van der Waals surface area contributed by atoms with E-state index in [1.807, 2.05) is 37.4 Å². The first-order valence-corrected chi connectivity index (χ1v) is 9.15. The summed E-state index contributed by atoms with van der Waals surface area (Å²) in [5.74, 6) is 0.923. The van der Waals surface area contributed by atoms with Crippen molar-refractivity contribution in [3.05, 3.63) is 66.2 Å². The van der Waals surface area contributed by atoms with Crippen molar-refractivity contribution in [1.29, 1.82) is 0 Å². The molecule has 0 unspecified atom stereocenters. The lowest BCUT2D eigenvalue weighted by Gasteiger charge is -2.13. The van der Waals surface area contributed by atoms with Crippen molar-refractivity contribution >= 4 is 5.91 Å². The van der Waals surface area contributed by atoms with Gasteiger partial charge in [0.2, 0.25) is 5.91 Å². The first kappa shape index (κ1) is 17.3. The van der Waals surface area contributed by atoms with Crippen LogP contribution in [-0.4, -0.2) is 33.3 Å². The number of hydrogen-bond acceptors (Lipinski definition) is 4. The van der Waals surface area contributed by atoms with Crippen molar-refractivity contribution in [2.75, 3.05) is 6.54 Å². The Hall–Kier alpha value is -3.15. The maximum absolute atomic E-state index is 12.1. The smallest absolute Gasteiger partial charge is 0.221 e. The van der Waals surface area contributed by atoms with Gasteiger partial charge >= 0.3 is 0 Å². The summed E-state index contributed by atoms with van der Waals surface area (Å²) in [4.78, 5) is 16.2. The average Bonchev–Trinajstić information content (AvgIpc) is 3.30. The number of para-hydroxylation sites is 1. The van der Waals surface area contributed by atoms with E-state index in [0.29, 0.717) is 19.5 Å². The van der Waals surface area contributed by atoms with Crippen molar-refractivity contribution in [3.8, 4) is 16.9 Å². The Balaban J connectivity index is 1.33. The molecule has 1 N–H and O–H groups in total. The van der Waals surface area contributed by atoms with Crippen LogP contribution in [0.15, 0.2) is 55.0 Å². The number of aromatic nitrogens is 3. The summed E-state index contributed by atoms with van der Waals surface area (Å²) < 4.78 is 7.95. The maximum atomic E-state index is 12.1. The number of hydrogen-bond donors (Lipinski definition) is 1. The van der Waals surface area contributed by atoms with Gasteiger partial charge in [-0.15, -0.1) is 0 Å². The van der Waals surface area contributed by atoms with Crippen LogP contribution in [0.5, 0.6) is 5.75 Å². The van der Waals surface area contributed by atoms with E-state index in [1.165, 1.54) is 5.56 Å². The topological polar surface area (TPSA) is 69.0 Å². The SMILES string of the molecule is Cc1ccn(CCC(=O)NC[C@@H]2Cc3cccc(-c4ccncc4)c3O2)n1. The molecule has 138 valence electrons. The zero-order valence-corrected chi connectivity index (χ0v) is 15.3. The molecule has 2 aromatic heterocycles. The number of benzene rings is 1. The molecular weight excluding hydrogens is 340 g/mol. The van der Waals surface area contributed by atoms with Gasteiger partial charge in [-0.1, -0.05) is 18.2 Å². The minimum absolute atomic E-state index is 0.0112. The standard InChI is InChI=1S/C21H22N4O2/c1-15-7-11-25(24-15)12-8-20(26)23-14-18-13-17-3-2-4-19(21(17)27-18)16-5-9-22-10-6-16/h2-7,9-11,18H,8,12-14H2,1H3,(H,23,26)/t18-/m0/s1. The van der Waals surface area contributed by atoms with E-state index >= 15 is 0 Å². The predicted molar refractivity (Wildman–Crippen MR) is 102 cm³/mol. The number of carbonyl (C=O) groups is 1. The Bertz CT molecular complexity index is 936. The number of rotatable bonds is 6. The van der Waals surface area contributed by atoms with Crippen LogP contribution in [0.4, 0.5) is 0 Å². The molecule has 0 saturated carbocycles. The molecule has 0 spiro atoms. The normalized spacial score (nSPS) is 15.2. The van der Waals surface area contributed by atoms with Crippen molar-refractivity contribution in [2.45, 2.75) is 32.4 Å². The number of carbonyl (C=O) groups excluding carboxylic acids is 1. The quantitative estimate of drug-likeness (QED) is 0.732. The molecule has 1 aliphatic heterocycles. The van der Waals surface area contributed by atoms with Gasteiger partial charge in [-0.25, -0.2) is 0 Å². The van der Waals surface area contributed by atoms with E-state index < -0.39 is 0 Å². The number of pyridine rings is 1. The zero-order valence-electron chi connectivity index (χ0n) is 15.3. The highest BCUT2D eigenvalue weighted by Crippen LogP contribution is 2.38. The summed E-state index contributed by atoms with van der Waals surface area (Å²) in [6, 6.07) is 12.1. The first-order chi connectivity index (χ1) is 13.2. The number of nitrogens with zero attached hydrogens (tertiary/aromatic N) is 3. The van der Waals surface area contributed by atoms with Crippen molar-refractivity contribution in [3.63, 3.8) is 0 Å². The predicted octanol–water partition coefficient (Wildman–Crippen LogP) is 2.76. The Morgan fingerprint density at radius 1 is 1.26 bits per heavy atom. The summed E-state index contributed by atoms with van der Waals surface area (Å²) in [6.07, 6.45) is 6.61. The molecule has 0 aliphatic carbocycles. The summed E-state index contributed by atoms with van der Waals surface area (Å²) in [7, 11) is 0. The van der Waals surface area contributed by atoms with E-state index in [2.05, 4.69) is 27.5 Å². The van der Waals surface area contributed by atoms with Crippen molar-refractivity contribution in [2.24, 2.45) is 0 Å². The third-order valence-electron chi connectivity index (χ3n) is 4.69. The van der Waals surface area contributed by atoms with Crippen molar-refractivity contribution < 1.29 is 9.53 Å². The van der Waals surface area contributed by atoms with E-state index in [0.717, 1.165) is 29.0 Å². The Morgan fingerprint density at radius 2 is 2.11 bits per heavy atom. The van der Waals surface area contributed by atoms with Crippen LogP contribution in [0.25, 0.3) is 11.1 Å². The lowest BCUT2D eigenvalue weighted by Crippen LogP contribution is -2.34. The highest BCUT2D eigenvalue weighted by atomic mass is 16.5. The van der Waals surface area contributed by atoms with Gasteiger partial charge in [-0.2, -0.15) is 5.10 Å². The number of nitrogens with one attached hydrogen (secondary N) is 1. The summed E-state index contributed by atoms with van der Waals surface area (Å²) in [6.45, 7) is 3.02. The molecule has 0 saturated heterocycles. The molecule has 6 nitrogen and oxygen atoms in total. The summed E-state index contributed by atoms with van der Waals surface area (Å²) >= 11 is 0. The Kier molecular flexibility index (Phi) is 4.87. The molecule has 4 rings (SSSR count). The lowest BCUT2D eigenvalue weighted by molar-refractivity contribution is -0.121. The molecule has 3 heterocycles. The lowest BCUT2D eigenvalue weighted by atomic mass is 10.0. The monoisotopic (exact) mass is 362 g/mol. The van der Waals surface area contributed by atoms with E-state index in [4.69, 9.17) is 4.74 Å². The maximum Gasteiger partial charge on any atom is 0.221 e. The van der Waals surface area contributed by atoms with Gasteiger partial charge in [0.15, 0.2) is 0 Å². The van der Waals surface area contributed by atoms with Crippen LogP contribution < -0.4 is 10.1 Å². The first-order valence-electron chi connectivity index (χ1n) is 9.15. The van der Waals surface area contributed by atoms with Crippen LogP contribution in [0.1, 0.15) is 17.7 Å². The van der Waals surface area contributed by atoms with E-state index in [1.54, 1.807) is 17.1 Å². The molecule has 0 bridgehead atoms. The van der Waals surface area contributed by atoms with Crippen molar-refractivity contribution in [1.82, 2.24) is 20.1 Å². The summed E-state index contributed by atoms with van der Waals surface area (Å²) in [5, 5.41) is 7.27. The minimum atomic E-state index is -0.0427. The van der Waals surface area contributed by atoms with Gasteiger partial charge in [0.1, 0.15) is 11.9 Å². The zero-order chi connectivity index (χ0) is 18.6. The van der Waals surface area contributed by atoms with Gasteiger partial charge in [-0.05, 0) is 36.2 Å². The van der Waals surface area contributed by atoms with Gasteiger partial charge in [0.05, 0.1) is 12.2 Å². The van der Waals surface area contributed by atoms with Gasteiger partial charge < -0.3 is 10.1 Å². The fourth-order valence-electron chi connectivity index (χ4n) is 3.33. The molecule has 6 heteroatoms. The Morgan fingerprint density at radius 3 is 2.89 bits per heavy atom. The molecule has 1 atom stereocenters. The molecule has 1 amide bonds. The highest BCUT2D eigenvalue weighted by molar-refractivity contribution is 5.76. The number of amides is 1. The second-order valence-electron chi connectivity index (χ2n) is 6.75. The van der Waals surface area contributed by atoms with Crippen LogP contribution in [-0.2, 0) is 17.8 Å². The average molecular weight is 362 g/mol. The van der Waals surface area contributed by atoms with Crippen LogP contribution in [0.3, 0.4) is 0 Å². The van der Waals surface area contributed by atoms with E-state index in [-0.39, 0.29) is 12.0 Å². The Labute approximate surface area is 158 Å². The van der Waals surface area contributed by atoms with Crippen LogP contribution >= 0.6 is 0 Å². The number of ether oxygens (including phenoxy) is 1. The fraction of sp³-hybridized carbons (Fsp3) is 0.286. The van der Waals surface area contributed by atoms with Gasteiger partial charge in [0.25, 0.3) is 0 Å². The molecule has 1 aliphatic rings. The second kappa shape index (κ2) is 7.61. The molecule has 0 radical (unpaired) electrons. The number of aryl methyl sites for hydroxylation is 2. The fourth-order valence-corrected chi connectivity index (χ4v) is 3.33. The molecule has 1 aromatic carbocycles. The third-order valence-corrected chi connectivity index (χ3v) is 4.69. The second-order valence-corrected chi connectivity index (χ2v) is 6.75. The summed E-state index contributed by atoms with van der Waals surface area (Å²) in [5.41, 5.74) is 4.28. The molecular formula is C21H22N4O2. The minimum Gasteiger partial charge on any atom is -0.487 e. The largest absolute Gasteiger partial charge is 0.487 e. The molecule has 27 heavy (non-hydrogen) atoms. The van der Waals surface area contributed by atoms with Gasteiger partial charge in [0, 0.05) is 43.5 Å². The van der Waals surface area contributed by atoms with Crippen LogP contribution in [0, 0.1) is 6.92 Å². The number of fused-ring (bicyclic) bond motifs is 1. The molecule has 3 aromatic rings.